The number of rotatable bonds is 8. The first-order chi connectivity index (χ1) is 10.8. The molecule has 0 aromatic heterocycles. The zero-order valence-corrected chi connectivity index (χ0v) is 16.2. The van der Waals surface area contributed by atoms with Crippen molar-refractivity contribution in [2.24, 2.45) is 11.8 Å². The van der Waals surface area contributed by atoms with Crippen LogP contribution >= 0.6 is 11.8 Å². The lowest BCUT2D eigenvalue weighted by atomic mass is 10.2. The summed E-state index contributed by atoms with van der Waals surface area (Å²) in [5.74, 6) is -2.04. The Bertz CT molecular complexity index is 444. The van der Waals surface area contributed by atoms with Crippen LogP contribution in [0, 0.1) is 11.8 Å². The van der Waals surface area contributed by atoms with Gasteiger partial charge in [-0.3, -0.25) is 9.59 Å². The Balaban J connectivity index is 4.62. The van der Waals surface area contributed by atoms with Crippen LogP contribution in [0.25, 0.3) is 0 Å². The topological polar surface area (TPSA) is 102 Å². The fraction of sp³-hybridized carbons (Fsp3) is 0.812. The molecule has 0 rings (SSSR count). The van der Waals surface area contributed by atoms with Gasteiger partial charge in [0.1, 0.15) is 5.25 Å². The highest BCUT2D eigenvalue weighted by molar-refractivity contribution is 8.01. The second kappa shape index (κ2) is 9.76. The molecule has 0 aliphatic carbocycles. The summed E-state index contributed by atoms with van der Waals surface area (Å²) in [4.78, 5) is 34.8. The molecule has 0 bridgehead atoms. The van der Waals surface area contributed by atoms with Crippen molar-refractivity contribution >= 4 is 29.8 Å². The third-order valence-corrected chi connectivity index (χ3v) is 4.03. The molecule has 0 spiro atoms. The molecule has 0 unspecified atom stereocenters. The molecular weight excluding hydrogens is 334 g/mol. The maximum Gasteiger partial charge on any atom is 0.410 e. The standard InChI is InChI=1S/C16H29NO6S/c1-9(2)13(20)22-14(10(3)4)23-15(21)17-8-11(12(18)19)24-16(5,6)7/h9-11,14H,8H2,1-7H3,(H,17,21)(H,18,19)/t11-,14-/m0/s1. The first kappa shape index (κ1) is 22.6. The normalized spacial score (nSPS) is 14.2. The molecule has 2 atom stereocenters. The summed E-state index contributed by atoms with van der Waals surface area (Å²) >= 11 is 1.24. The van der Waals surface area contributed by atoms with Crippen LogP contribution in [0.4, 0.5) is 4.79 Å². The van der Waals surface area contributed by atoms with Gasteiger partial charge >= 0.3 is 18.0 Å². The van der Waals surface area contributed by atoms with Gasteiger partial charge in [-0.05, 0) is 0 Å². The maximum absolute atomic E-state index is 11.9. The van der Waals surface area contributed by atoms with Crippen molar-refractivity contribution in [1.29, 1.82) is 0 Å². The molecule has 140 valence electrons. The second-order valence-corrected chi connectivity index (χ2v) is 9.08. The molecule has 8 heteroatoms. The third-order valence-electron chi connectivity index (χ3n) is 2.67. The van der Waals surface area contributed by atoms with E-state index in [0.29, 0.717) is 0 Å². The first-order valence-electron chi connectivity index (χ1n) is 7.89. The van der Waals surface area contributed by atoms with Crippen LogP contribution in [0.15, 0.2) is 0 Å². The summed E-state index contributed by atoms with van der Waals surface area (Å²) in [6, 6.07) is 0. The molecule has 0 radical (unpaired) electrons. The van der Waals surface area contributed by atoms with Crippen LogP contribution in [-0.2, 0) is 19.1 Å². The largest absolute Gasteiger partial charge is 0.480 e. The second-order valence-electron chi connectivity index (χ2n) is 7.05. The number of ether oxygens (including phenoxy) is 2. The first-order valence-corrected chi connectivity index (χ1v) is 8.77. The summed E-state index contributed by atoms with van der Waals surface area (Å²) in [6.45, 7) is 12.5. The Morgan fingerprint density at radius 3 is 2.00 bits per heavy atom. The molecule has 0 fully saturated rings. The van der Waals surface area contributed by atoms with Crippen molar-refractivity contribution in [2.75, 3.05) is 6.54 Å². The predicted octanol–water partition coefficient (Wildman–Crippen LogP) is 2.88. The molecule has 0 aromatic carbocycles. The lowest BCUT2D eigenvalue weighted by molar-refractivity contribution is -0.178. The van der Waals surface area contributed by atoms with Crippen molar-refractivity contribution in [1.82, 2.24) is 5.32 Å². The average Bonchev–Trinajstić information content (AvgIpc) is 2.40. The van der Waals surface area contributed by atoms with Crippen molar-refractivity contribution in [3.63, 3.8) is 0 Å². The lowest BCUT2D eigenvalue weighted by Gasteiger charge is -2.24. The SMILES string of the molecule is CC(C)C(=O)O[C@@H](OC(=O)NC[C@H](SC(C)(C)C)C(=O)O)C(C)C. The lowest BCUT2D eigenvalue weighted by Crippen LogP contribution is -2.40. The zero-order valence-electron chi connectivity index (χ0n) is 15.4. The van der Waals surface area contributed by atoms with Gasteiger partial charge in [0.2, 0.25) is 0 Å². The highest BCUT2D eigenvalue weighted by Crippen LogP contribution is 2.28. The van der Waals surface area contributed by atoms with Crippen LogP contribution in [0.5, 0.6) is 0 Å². The van der Waals surface area contributed by atoms with Crippen LogP contribution in [0.3, 0.4) is 0 Å². The number of amides is 1. The number of carbonyl (C=O) groups excluding carboxylic acids is 2. The van der Waals surface area contributed by atoms with Crippen molar-refractivity contribution in [2.45, 2.75) is 64.8 Å². The van der Waals surface area contributed by atoms with Gasteiger partial charge in [-0.15, -0.1) is 11.8 Å². The van der Waals surface area contributed by atoms with Gasteiger partial charge in [-0.25, -0.2) is 4.79 Å². The van der Waals surface area contributed by atoms with E-state index in [4.69, 9.17) is 9.47 Å². The van der Waals surface area contributed by atoms with Gasteiger partial charge in [0.05, 0.1) is 5.92 Å². The highest BCUT2D eigenvalue weighted by Gasteiger charge is 2.28. The summed E-state index contributed by atoms with van der Waals surface area (Å²) in [7, 11) is 0. The maximum atomic E-state index is 11.9. The number of hydrogen-bond donors (Lipinski definition) is 2. The number of carboxylic acid groups (broad SMARTS) is 1. The number of alkyl carbamates (subject to hydrolysis) is 1. The number of hydrogen-bond acceptors (Lipinski definition) is 6. The minimum atomic E-state index is -1.02. The van der Waals surface area contributed by atoms with Crippen LogP contribution in [0.1, 0.15) is 48.5 Å². The van der Waals surface area contributed by atoms with E-state index in [2.05, 4.69) is 5.32 Å². The van der Waals surface area contributed by atoms with E-state index in [0.717, 1.165) is 0 Å². The molecule has 0 saturated carbocycles. The molecule has 0 aromatic rings. The quantitative estimate of drug-likeness (QED) is 0.505. The molecule has 7 nitrogen and oxygen atoms in total. The van der Waals surface area contributed by atoms with E-state index in [9.17, 15) is 19.5 Å². The number of esters is 1. The smallest absolute Gasteiger partial charge is 0.410 e. The number of thioether (sulfide) groups is 1. The molecule has 0 aliphatic rings. The van der Waals surface area contributed by atoms with E-state index in [-0.39, 0.29) is 23.1 Å². The monoisotopic (exact) mass is 363 g/mol. The minimum Gasteiger partial charge on any atom is -0.480 e. The van der Waals surface area contributed by atoms with E-state index in [1.165, 1.54) is 11.8 Å². The van der Waals surface area contributed by atoms with E-state index < -0.39 is 29.6 Å². The van der Waals surface area contributed by atoms with E-state index in [1.807, 2.05) is 20.8 Å². The highest BCUT2D eigenvalue weighted by atomic mass is 32.2. The minimum absolute atomic E-state index is 0.0843. The van der Waals surface area contributed by atoms with Crippen molar-refractivity contribution < 1.29 is 29.0 Å². The molecule has 0 heterocycles. The Morgan fingerprint density at radius 1 is 1.08 bits per heavy atom. The summed E-state index contributed by atoms with van der Waals surface area (Å²) in [5.41, 5.74) is 0. The van der Waals surface area contributed by atoms with Gasteiger partial charge in [-0.2, -0.15) is 0 Å². The summed E-state index contributed by atoms with van der Waals surface area (Å²) in [5, 5.41) is 10.8. The Labute approximate surface area is 147 Å². The number of aliphatic carboxylic acids is 1. The Kier molecular flexibility index (Phi) is 9.17. The number of carbonyl (C=O) groups is 3. The summed E-state index contributed by atoms with van der Waals surface area (Å²) in [6.07, 6.45) is -1.83. The van der Waals surface area contributed by atoms with Crippen molar-refractivity contribution in [3.8, 4) is 0 Å². The molecular formula is C16H29NO6S. The molecule has 2 N–H and O–H groups in total. The summed E-state index contributed by atoms with van der Waals surface area (Å²) < 4.78 is 9.97. The van der Waals surface area contributed by atoms with E-state index >= 15 is 0 Å². The van der Waals surface area contributed by atoms with Gasteiger partial charge in [0.15, 0.2) is 0 Å². The van der Waals surface area contributed by atoms with Gasteiger partial charge in [-0.1, -0.05) is 48.5 Å². The van der Waals surface area contributed by atoms with Gasteiger partial charge < -0.3 is 19.9 Å². The van der Waals surface area contributed by atoms with Crippen molar-refractivity contribution in [3.05, 3.63) is 0 Å². The van der Waals surface area contributed by atoms with Crippen LogP contribution in [0.2, 0.25) is 0 Å². The molecule has 1 amide bonds. The fourth-order valence-electron chi connectivity index (χ4n) is 1.48. The van der Waals surface area contributed by atoms with Gasteiger partial charge in [0.25, 0.3) is 6.29 Å². The molecule has 0 saturated heterocycles. The average molecular weight is 363 g/mol. The number of nitrogens with one attached hydrogen (secondary N) is 1. The van der Waals surface area contributed by atoms with Crippen LogP contribution < -0.4 is 5.32 Å². The van der Waals surface area contributed by atoms with Gasteiger partial charge in [0, 0.05) is 17.2 Å². The molecule has 0 aliphatic heterocycles. The van der Waals surface area contributed by atoms with Crippen LogP contribution in [-0.4, -0.2) is 46.0 Å². The molecule has 24 heavy (non-hydrogen) atoms. The Hall–Kier alpha value is -1.44. The number of carboxylic acids is 1. The van der Waals surface area contributed by atoms with E-state index in [1.54, 1.807) is 27.7 Å². The zero-order chi connectivity index (χ0) is 19.1. The third kappa shape index (κ3) is 9.64. The predicted molar refractivity (Wildman–Crippen MR) is 92.8 cm³/mol. The fourth-order valence-corrected chi connectivity index (χ4v) is 2.60. The Morgan fingerprint density at radius 2 is 1.62 bits per heavy atom.